The predicted octanol–water partition coefficient (Wildman–Crippen LogP) is 4.97. The fourth-order valence-electron chi connectivity index (χ4n) is 4.15. The van der Waals surface area contributed by atoms with Crippen LogP contribution in [-0.4, -0.2) is 30.9 Å². The zero-order valence-electron chi connectivity index (χ0n) is 18.5. The third-order valence-electron chi connectivity index (χ3n) is 6.24. The molecule has 29 heavy (non-hydrogen) atoms. The van der Waals surface area contributed by atoms with Crippen LogP contribution in [0.3, 0.4) is 0 Å². The topological polar surface area (TPSA) is 61.4 Å². The molecule has 0 radical (unpaired) electrons. The van der Waals surface area contributed by atoms with Gasteiger partial charge in [-0.2, -0.15) is 0 Å². The highest BCUT2D eigenvalue weighted by Gasteiger charge is 2.25. The Kier molecular flexibility index (Phi) is 6.86. The SMILES string of the molecule is CC1CCN(c2ccc(NC(=O)C(C)(C)C)cc2C(=O)NC2CCCCC2)CC1. The molecule has 5 heteroatoms. The second-order valence-electron chi connectivity index (χ2n) is 9.91. The number of amides is 2. The molecule has 2 amide bonds. The molecule has 1 saturated carbocycles. The number of hydrogen-bond donors (Lipinski definition) is 2. The van der Waals surface area contributed by atoms with Crippen LogP contribution in [0.25, 0.3) is 0 Å². The lowest BCUT2D eigenvalue weighted by Crippen LogP contribution is -2.38. The molecule has 1 heterocycles. The summed E-state index contributed by atoms with van der Waals surface area (Å²) in [4.78, 5) is 28.0. The van der Waals surface area contributed by atoms with E-state index in [4.69, 9.17) is 0 Å². The molecule has 1 aliphatic carbocycles. The van der Waals surface area contributed by atoms with Crippen LogP contribution in [0.2, 0.25) is 0 Å². The van der Waals surface area contributed by atoms with E-state index >= 15 is 0 Å². The molecule has 3 rings (SSSR count). The van der Waals surface area contributed by atoms with E-state index in [0.717, 1.165) is 50.4 Å². The number of carbonyl (C=O) groups excluding carboxylic acids is 2. The molecule has 2 fully saturated rings. The highest BCUT2D eigenvalue weighted by molar-refractivity contribution is 6.02. The number of nitrogens with one attached hydrogen (secondary N) is 2. The van der Waals surface area contributed by atoms with Crippen molar-refractivity contribution < 1.29 is 9.59 Å². The van der Waals surface area contributed by atoms with E-state index in [1.807, 2.05) is 39.0 Å². The van der Waals surface area contributed by atoms with E-state index in [2.05, 4.69) is 22.5 Å². The molecule has 1 aromatic rings. The van der Waals surface area contributed by atoms with Crippen molar-refractivity contribution in [1.29, 1.82) is 0 Å². The highest BCUT2D eigenvalue weighted by Crippen LogP contribution is 2.30. The fraction of sp³-hybridized carbons (Fsp3) is 0.667. The Balaban J connectivity index is 1.84. The molecular weight excluding hydrogens is 362 g/mol. The van der Waals surface area contributed by atoms with E-state index < -0.39 is 5.41 Å². The Morgan fingerprint density at radius 2 is 1.66 bits per heavy atom. The minimum atomic E-state index is -0.480. The van der Waals surface area contributed by atoms with Gasteiger partial charge in [0.1, 0.15) is 0 Å². The van der Waals surface area contributed by atoms with Gasteiger partial charge in [0.05, 0.1) is 5.56 Å². The van der Waals surface area contributed by atoms with E-state index in [0.29, 0.717) is 11.3 Å². The highest BCUT2D eigenvalue weighted by atomic mass is 16.2. The number of rotatable bonds is 4. The number of benzene rings is 1. The third-order valence-corrected chi connectivity index (χ3v) is 6.24. The normalized spacial score (nSPS) is 19.1. The Bertz CT molecular complexity index is 724. The van der Waals surface area contributed by atoms with Crippen LogP contribution < -0.4 is 15.5 Å². The maximum atomic E-state index is 13.2. The van der Waals surface area contributed by atoms with Crippen molar-refractivity contribution in [1.82, 2.24) is 5.32 Å². The summed E-state index contributed by atoms with van der Waals surface area (Å²) >= 11 is 0. The predicted molar refractivity (Wildman–Crippen MR) is 119 cm³/mol. The van der Waals surface area contributed by atoms with Crippen LogP contribution in [0.15, 0.2) is 18.2 Å². The summed E-state index contributed by atoms with van der Waals surface area (Å²) in [7, 11) is 0. The molecule has 160 valence electrons. The first-order valence-corrected chi connectivity index (χ1v) is 11.3. The van der Waals surface area contributed by atoms with Gasteiger partial charge in [-0.05, 0) is 49.8 Å². The molecule has 0 atom stereocenters. The summed E-state index contributed by atoms with van der Waals surface area (Å²) in [5.74, 6) is 0.671. The van der Waals surface area contributed by atoms with E-state index in [9.17, 15) is 9.59 Å². The monoisotopic (exact) mass is 399 g/mol. The second-order valence-corrected chi connectivity index (χ2v) is 9.91. The first-order valence-electron chi connectivity index (χ1n) is 11.3. The molecule has 2 N–H and O–H groups in total. The van der Waals surface area contributed by atoms with Crippen molar-refractivity contribution in [3.05, 3.63) is 23.8 Å². The lowest BCUT2D eigenvalue weighted by atomic mass is 9.94. The quantitative estimate of drug-likeness (QED) is 0.751. The van der Waals surface area contributed by atoms with Gasteiger partial charge in [-0.15, -0.1) is 0 Å². The van der Waals surface area contributed by atoms with Gasteiger partial charge >= 0.3 is 0 Å². The summed E-state index contributed by atoms with van der Waals surface area (Å²) in [6.45, 7) is 9.91. The molecule has 1 aliphatic heterocycles. The van der Waals surface area contributed by atoms with Gasteiger partial charge in [0, 0.05) is 35.9 Å². The zero-order chi connectivity index (χ0) is 21.0. The zero-order valence-corrected chi connectivity index (χ0v) is 18.5. The van der Waals surface area contributed by atoms with Gasteiger partial charge in [0.25, 0.3) is 5.91 Å². The second kappa shape index (κ2) is 9.19. The van der Waals surface area contributed by atoms with Crippen molar-refractivity contribution in [2.75, 3.05) is 23.3 Å². The molecule has 1 aromatic carbocycles. The van der Waals surface area contributed by atoms with Gasteiger partial charge in [-0.1, -0.05) is 47.0 Å². The van der Waals surface area contributed by atoms with Crippen molar-refractivity contribution in [2.24, 2.45) is 11.3 Å². The number of nitrogens with zero attached hydrogens (tertiary/aromatic N) is 1. The summed E-state index contributed by atoms with van der Waals surface area (Å²) < 4.78 is 0. The van der Waals surface area contributed by atoms with Gasteiger partial charge in [0.15, 0.2) is 0 Å². The van der Waals surface area contributed by atoms with Gasteiger partial charge in [-0.3, -0.25) is 9.59 Å². The van der Waals surface area contributed by atoms with Crippen LogP contribution in [-0.2, 0) is 4.79 Å². The molecule has 0 spiro atoms. The summed E-state index contributed by atoms with van der Waals surface area (Å²) in [6, 6.07) is 6.05. The molecule has 0 bridgehead atoms. The molecule has 0 aromatic heterocycles. The Hall–Kier alpha value is -2.04. The van der Waals surface area contributed by atoms with Crippen molar-refractivity contribution in [2.45, 2.75) is 78.7 Å². The summed E-state index contributed by atoms with van der Waals surface area (Å²) in [5.41, 5.74) is 1.87. The standard InChI is InChI=1S/C24H37N3O2/c1-17-12-14-27(15-13-17)21-11-10-19(26-23(29)24(2,3)4)16-20(21)22(28)25-18-8-6-5-7-9-18/h10-11,16-18H,5-9,12-15H2,1-4H3,(H,25,28)(H,26,29). The first-order chi connectivity index (χ1) is 13.7. The van der Waals surface area contributed by atoms with Crippen LogP contribution in [0.5, 0.6) is 0 Å². The van der Waals surface area contributed by atoms with Gasteiger partial charge in [-0.25, -0.2) is 0 Å². The Labute approximate surface area is 175 Å². The molecule has 1 saturated heterocycles. The number of carbonyl (C=O) groups is 2. The van der Waals surface area contributed by atoms with Crippen LogP contribution in [0.4, 0.5) is 11.4 Å². The third kappa shape index (κ3) is 5.74. The minimum Gasteiger partial charge on any atom is -0.371 e. The van der Waals surface area contributed by atoms with E-state index in [1.165, 1.54) is 19.3 Å². The largest absolute Gasteiger partial charge is 0.371 e. The Morgan fingerprint density at radius 3 is 2.28 bits per heavy atom. The average molecular weight is 400 g/mol. The summed E-state index contributed by atoms with van der Waals surface area (Å²) in [6.07, 6.45) is 8.04. The van der Waals surface area contributed by atoms with Crippen LogP contribution in [0.1, 0.15) is 83.0 Å². The molecule has 2 aliphatic rings. The minimum absolute atomic E-state index is 0.0163. The maximum Gasteiger partial charge on any atom is 0.253 e. The summed E-state index contributed by atoms with van der Waals surface area (Å²) in [5, 5.41) is 6.24. The lowest BCUT2D eigenvalue weighted by molar-refractivity contribution is -0.123. The molecule has 0 unspecified atom stereocenters. The first kappa shape index (κ1) is 21.7. The van der Waals surface area contributed by atoms with Crippen molar-refractivity contribution in [3.8, 4) is 0 Å². The van der Waals surface area contributed by atoms with Gasteiger partial charge in [0.2, 0.25) is 5.91 Å². The van der Waals surface area contributed by atoms with Crippen LogP contribution >= 0.6 is 0 Å². The fourth-order valence-corrected chi connectivity index (χ4v) is 4.15. The Morgan fingerprint density at radius 1 is 1.00 bits per heavy atom. The lowest BCUT2D eigenvalue weighted by Gasteiger charge is -2.34. The number of anilines is 2. The number of piperidine rings is 1. The number of hydrogen-bond acceptors (Lipinski definition) is 3. The van der Waals surface area contributed by atoms with E-state index in [1.54, 1.807) is 0 Å². The average Bonchev–Trinajstić information content (AvgIpc) is 2.68. The van der Waals surface area contributed by atoms with Gasteiger partial charge < -0.3 is 15.5 Å². The smallest absolute Gasteiger partial charge is 0.253 e. The van der Waals surface area contributed by atoms with E-state index in [-0.39, 0.29) is 17.9 Å². The molecular formula is C24H37N3O2. The van der Waals surface area contributed by atoms with Crippen LogP contribution in [0, 0.1) is 11.3 Å². The van der Waals surface area contributed by atoms with Crippen molar-refractivity contribution >= 4 is 23.2 Å². The van der Waals surface area contributed by atoms with Crippen molar-refractivity contribution in [3.63, 3.8) is 0 Å². The maximum absolute atomic E-state index is 13.2. The molecule has 5 nitrogen and oxygen atoms in total.